The van der Waals surface area contributed by atoms with Crippen LogP contribution in [0.2, 0.25) is 0 Å². The van der Waals surface area contributed by atoms with Gasteiger partial charge in [0.25, 0.3) is 0 Å². The van der Waals surface area contributed by atoms with E-state index in [4.69, 9.17) is 4.42 Å². The Morgan fingerprint density at radius 2 is 0.632 bits per heavy atom. The van der Waals surface area contributed by atoms with Crippen molar-refractivity contribution in [2.75, 3.05) is 0 Å². The van der Waals surface area contributed by atoms with Crippen LogP contribution < -0.4 is 0 Å². The lowest BCUT2D eigenvalue weighted by molar-refractivity contribution is 0.669. The molecule has 0 amide bonds. The highest BCUT2D eigenvalue weighted by atomic mass is 16.3. The summed E-state index contributed by atoms with van der Waals surface area (Å²) in [4.78, 5) is 0. The second-order valence-electron chi connectivity index (χ2n) is 14.8. The molecule has 11 aromatic rings. The first kappa shape index (κ1) is 32.9. The first-order valence-corrected chi connectivity index (χ1v) is 19.6. The summed E-state index contributed by atoms with van der Waals surface area (Å²) in [7, 11) is 0. The van der Waals surface area contributed by atoms with Crippen molar-refractivity contribution in [1.82, 2.24) is 0 Å². The fourth-order valence-corrected chi connectivity index (χ4v) is 8.89. The fourth-order valence-electron chi connectivity index (χ4n) is 8.89. The second-order valence-corrected chi connectivity index (χ2v) is 14.8. The smallest absolute Gasteiger partial charge is 0.135 e. The first-order chi connectivity index (χ1) is 28.3. The molecule has 0 saturated heterocycles. The van der Waals surface area contributed by atoms with Gasteiger partial charge in [0.1, 0.15) is 11.2 Å². The number of furan rings is 1. The lowest BCUT2D eigenvalue weighted by Crippen LogP contribution is -1.96. The van der Waals surface area contributed by atoms with Gasteiger partial charge in [0.05, 0.1) is 0 Å². The van der Waals surface area contributed by atoms with Gasteiger partial charge in [-0.1, -0.05) is 188 Å². The summed E-state index contributed by atoms with van der Waals surface area (Å²) in [5, 5.41) is 7.13. The van der Waals surface area contributed by atoms with Crippen LogP contribution >= 0.6 is 0 Å². The molecule has 0 aliphatic rings. The molecule has 11 rings (SSSR count). The monoisotopic (exact) mass is 724 g/mol. The first-order valence-electron chi connectivity index (χ1n) is 19.6. The molecule has 0 atom stereocenters. The number of para-hydroxylation sites is 1. The number of benzene rings is 10. The minimum Gasteiger partial charge on any atom is -0.456 e. The third-order valence-electron chi connectivity index (χ3n) is 11.5. The average molecular weight is 725 g/mol. The molecule has 0 bridgehead atoms. The minimum absolute atomic E-state index is 0.902. The van der Waals surface area contributed by atoms with Gasteiger partial charge in [-0.2, -0.15) is 0 Å². The van der Waals surface area contributed by atoms with E-state index in [9.17, 15) is 0 Å². The molecule has 1 aromatic heterocycles. The predicted octanol–water partition coefficient (Wildman–Crippen LogP) is 15.9. The van der Waals surface area contributed by atoms with Gasteiger partial charge < -0.3 is 4.42 Å². The maximum absolute atomic E-state index is 6.28. The Kier molecular flexibility index (Phi) is 7.89. The van der Waals surface area contributed by atoms with E-state index in [0.29, 0.717) is 0 Å². The lowest BCUT2D eigenvalue weighted by atomic mass is 9.80. The quantitative estimate of drug-likeness (QED) is 0.156. The predicted molar refractivity (Wildman–Crippen MR) is 241 cm³/mol. The Hall–Kier alpha value is -7.48. The van der Waals surface area contributed by atoms with E-state index in [1.165, 1.54) is 88.3 Å². The summed E-state index contributed by atoms with van der Waals surface area (Å²) in [6, 6.07) is 79.2. The van der Waals surface area contributed by atoms with Crippen molar-refractivity contribution in [3.05, 3.63) is 218 Å². The van der Waals surface area contributed by atoms with Crippen LogP contribution in [0.15, 0.2) is 223 Å². The fraction of sp³-hybridized carbons (Fsp3) is 0. The summed E-state index contributed by atoms with van der Waals surface area (Å²) in [6.45, 7) is 0. The van der Waals surface area contributed by atoms with Crippen LogP contribution in [0, 0.1) is 0 Å². The Balaban J connectivity index is 1.23. The van der Waals surface area contributed by atoms with Gasteiger partial charge in [-0.25, -0.2) is 0 Å². The van der Waals surface area contributed by atoms with Crippen molar-refractivity contribution in [3.8, 4) is 66.8 Å². The van der Waals surface area contributed by atoms with Crippen molar-refractivity contribution in [2.24, 2.45) is 0 Å². The number of hydrogen-bond acceptors (Lipinski definition) is 1. The molecular formula is C56H36O. The van der Waals surface area contributed by atoms with Crippen LogP contribution in [-0.4, -0.2) is 0 Å². The van der Waals surface area contributed by atoms with Crippen molar-refractivity contribution < 1.29 is 4.42 Å². The molecule has 0 radical (unpaired) electrons. The van der Waals surface area contributed by atoms with E-state index in [-0.39, 0.29) is 0 Å². The topological polar surface area (TPSA) is 13.1 Å². The zero-order valence-corrected chi connectivity index (χ0v) is 31.2. The van der Waals surface area contributed by atoms with E-state index < -0.39 is 0 Å². The molecule has 0 unspecified atom stereocenters. The van der Waals surface area contributed by atoms with Gasteiger partial charge in [0, 0.05) is 10.8 Å². The summed E-state index contributed by atoms with van der Waals surface area (Å²) in [6.07, 6.45) is 0. The van der Waals surface area contributed by atoms with Crippen molar-refractivity contribution in [3.63, 3.8) is 0 Å². The van der Waals surface area contributed by atoms with Gasteiger partial charge in [0.15, 0.2) is 0 Å². The van der Waals surface area contributed by atoms with Crippen molar-refractivity contribution in [1.29, 1.82) is 0 Å². The van der Waals surface area contributed by atoms with Gasteiger partial charge in [-0.05, 0) is 119 Å². The van der Waals surface area contributed by atoms with Crippen LogP contribution in [0.3, 0.4) is 0 Å². The average Bonchev–Trinajstić information content (AvgIpc) is 3.67. The minimum atomic E-state index is 0.902. The molecule has 0 N–H and O–H groups in total. The summed E-state index contributed by atoms with van der Waals surface area (Å²) < 4.78 is 6.28. The molecule has 1 heterocycles. The molecule has 10 aromatic carbocycles. The van der Waals surface area contributed by atoms with Gasteiger partial charge >= 0.3 is 0 Å². The summed E-state index contributed by atoms with van der Waals surface area (Å²) in [5.41, 5.74) is 16.2. The van der Waals surface area contributed by atoms with E-state index in [1.54, 1.807) is 0 Å². The van der Waals surface area contributed by atoms with Crippen LogP contribution in [0.5, 0.6) is 0 Å². The zero-order chi connectivity index (χ0) is 37.7. The zero-order valence-electron chi connectivity index (χ0n) is 31.2. The maximum Gasteiger partial charge on any atom is 0.135 e. The highest BCUT2D eigenvalue weighted by Gasteiger charge is 2.23. The molecule has 0 saturated carbocycles. The highest BCUT2D eigenvalue weighted by Crippen LogP contribution is 2.50. The third kappa shape index (κ3) is 5.63. The summed E-state index contributed by atoms with van der Waals surface area (Å²) in [5.74, 6) is 0. The molecule has 57 heavy (non-hydrogen) atoms. The summed E-state index contributed by atoms with van der Waals surface area (Å²) >= 11 is 0. The van der Waals surface area contributed by atoms with Crippen LogP contribution in [0.1, 0.15) is 0 Å². The second kappa shape index (κ2) is 13.7. The highest BCUT2D eigenvalue weighted by molar-refractivity contribution is 6.24. The SMILES string of the molecule is c1ccc(-c2cccc(-c3cccc(-c4cccc(-c5ccccc5)c4)c3-c3c4ccccc4c(-c4ccc5oc6ccccc6c5c4)c4ccccc34)c2)cc1. The van der Waals surface area contributed by atoms with Crippen LogP contribution in [0.25, 0.3) is 110 Å². The van der Waals surface area contributed by atoms with E-state index in [0.717, 1.165) is 21.9 Å². The van der Waals surface area contributed by atoms with Gasteiger partial charge in [-0.3, -0.25) is 0 Å². The van der Waals surface area contributed by atoms with E-state index in [1.807, 2.05) is 6.07 Å². The van der Waals surface area contributed by atoms with Crippen LogP contribution in [0.4, 0.5) is 0 Å². The van der Waals surface area contributed by atoms with Crippen molar-refractivity contribution in [2.45, 2.75) is 0 Å². The Bertz CT molecular complexity index is 3120. The Morgan fingerprint density at radius 1 is 0.211 bits per heavy atom. The third-order valence-corrected chi connectivity index (χ3v) is 11.5. The van der Waals surface area contributed by atoms with Crippen molar-refractivity contribution >= 4 is 43.5 Å². The molecule has 0 aliphatic heterocycles. The van der Waals surface area contributed by atoms with Gasteiger partial charge in [0.2, 0.25) is 0 Å². The van der Waals surface area contributed by atoms with Crippen LogP contribution in [-0.2, 0) is 0 Å². The maximum atomic E-state index is 6.28. The molecule has 266 valence electrons. The lowest BCUT2D eigenvalue weighted by Gasteiger charge is -2.23. The van der Waals surface area contributed by atoms with E-state index >= 15 is 0 Å². The Morgan fingerprint density at radius 3 is 1.19 bits per heavy atom. The van der Waals surface area contributed by atoms with E-state index in [2.05, 4.69) is 212 Å². The molecular weight excluding hydrogens is 689 g/mol. The van der Waals surface area contributed by atoms with Gasteiger partial charge in [-0.15, -0.1) is 0 Å². The number of rotatable bonds is 6. The Labute approximate surface area is 331 Å². The molecule has 1 nitrogen and oxygen atoms in total. The molecule has 0 aliphatic carbocycles. The molecule has 0 fully saturated rings. The number of hydrogen-bond donors (Lipinski definition) is 0. The molecule has 0 spiro atoms. The largest absolute Gasteiger partial charge is 0.456 e. The normalized spacial score (nSPS) is 11.5. The standard InChI is InChI=1S/C56H36O/c1-3-16-37(17-4-1)39-20-13-22-41(34-39)44-29-15-30-45(42-23-14-21-40(35-42)38-18-5-2-6-19-38)55(44)56-49-27-9-7-25-47(49)54(48-26-8-10-28-50(48)56)43-32-33-53-51(36-43)46-24-11-12-31-52(46)57-53/h1-36H. The molecule has 1 heteroatoms. The number of fused-ring (bicyclic) bond motifs is 5.